The fraction of sp³-hybridized carbons (Fsp3) is 0.273. The Morgan fingerprint density at radius 1 is 1.53 bits per heavy atom. The van der Waals surface area contributed by atoms with Crippen molar-refractivity contribution >= 4 is 11.8 Å². The van der Waals surface area contributed by atoms with E-state index in [0.29, 0.717) is 11.6 Å². The maximum absolute atomic E-state index is 10.3. The van der Waals surface area contributed by atoms with E-state index in [0.717, 1.165) is 17.5 Å². The van der Waals surface area contributed by atoms with Crippen molar-refractivity contribution in [1.29, 1.82) is 0 Å². The molecule has 0 aliphatic rings. The molecule has 0 atom stereocenters. The monoisotopic (exact) mass is 254 g/mol. The van der Waals surface area contributed by atoms with Gasteiger partial charge in [0.05, 0.1) is 12.0 Å². The molecule has 0 radical (unpaired) electrons. The van der Waals surface area contributed by atoms with Crippen LogP contribution in [0.25, 0.3) is 0 Å². The van der Waals surface area contributed by atoms with Crippen molar-refractivity contribution < 1.29 is 9.66 Å². The van der Waals surface area contributed by atoms with Gasteiger partial charge < -0.3 is 10.1 Å². The Bertz CT molecular complexity index is 404. The summed E-state index contributed by atoms with van der Waals surface area (Å²) in [6, 6.07) is 7.53. The van der Waals surface area contributed by atoms with Crippen molar-refractivity contribution in [2.75, 3.05) is 13.4 Å². The summed E-state index contributed by atoms with van der Waals surface area (Å²) in [5.41, 5.74) is 1.04. The van der Waals surface area contributed by atoms with E-state index in [1.54, 1.807) is 13.4 Å². The quantitative estimate of drug-likeness (QED) is 0.623. The standard InChI is InChI=1S/C11H14N2O3S/c1-16-10-5-3-9(4-6-10)7-12-11(17-2)8-13(14)15/h3-6,8,12H,7H2,1-2H3/b11-8-. The van der Waals surface area contributed by atoms with Gasteiger partial charge in [-0.15, -0.1) is 11.8 Å². The maximum Gasteiger partial charge on any atom is 0.263 e. The Labute approximate surface area is 104 Å². The third kappa shape index (κ3) is 4.78. The van der Waals surface area contributed by atoms with Gasteiger partial charge in [-0.3, -0.25) is 10.1 Å². The van der Waals surface area contributed by atoms with Crippen LogP contribution in [-0.4, -0.2) is 18.3 Å². The first-order valence-corrected chi connectivity index (χ1v) is 6.14. The molecule has 0 saturated heterocycles. The first-order chi connectivity index (χ1) is 8.15. The lowest BCUT2D eigenvalue weighted by molar-refractivity contribution is -0.403. The van der Waals surface area contributed by atoms with Gasteiger partial charge >= 0.3 is 0 Å². The van der Waals surface area contributed by atoms with Crippen LogP contribution in [0.4, 0.5) is 0 Å². The zero-order valence-electron chi connectivity index (χ0n) is 9.67. The largest absolute Gasteiger partial charge is 0.497 e. The zero-order chi connectivity index (χ0) is 12.7. The van der Waals surface area contributed by atoms with E-state index in [9.17, 15) is 10.1 Å². The Balaban J connectivity index is 2.56. The summed E-state index contributed by atoms with van der Waals surface area (Å²) in [4.78, 5) is 9.86. The lowest BCUT2D eigenvalue weighted by Crippen LogP contribution is -2.11. The molecule has 1 aromatic carbocycles. The number of hydrogen-bond donors (Lipinski definition) is 1. The molecule has 0 amide bonds. The zero-order valence-corrected chi connectivity index (χ0v) is 10.5. The van der Waals surface area contributed by atoms with Crippen molar-refractivity contribution in [2.45, 2.75) is 6.54 Å². The third-order valence-corrected chi connectivity index (χ3v) is 2.76. The van der Waals surface area contributed by atoms with Crippen molar-refractivity contribution in [3.05, 3.63) is 51.2 Å². The van der Waals surface area contributed by atoms with Gasteiger partial charge in [-0.25, -0.2) is 0 Å². The number of nitrogens with one attached hydrogen (secondary N) is 1. The second-order valence-electron chi connectivity index (χ2n) is 3.18. The predicted octanol–water partition coefficient (Wildman–Crippen LogP) is 2.22. The number of ether oxygens (including phenoxy) is 1. The first kappa shape index (κ1) is 13.4. The van der Waals surface area contributed by atoms with Gasteiger partial charge in [0.1, 0.15) is 10.8 Å². The number of methoxy groups -OCH3 is 1. The summed E-state index contributed by atoms with van der Waals surface area (Å²) in [5, 5.41) is 13.9. The minimum atomic E-state index is -0.465. The van der Waals surface area contributed by atoms with Crippen LogP contribution in [0.15, 0.2) is 35.5 Å². The molecular formula is C11H14N2O3S. The molecule has 0 spiro atoms. The first-order valence-electron chi connectivity index (χ1n) is 4.92. The lowest BCUT2D eigenvalue weighted by Gasteiger charge is -2.07. The number of benzene rings is 1. The van der Waals surface area contributed by atoms with Gasteiger partial charge in [-0.05, 0) is 24.0 Å². The Hall–Kier alpha value is -1.69. The molecule has 0 unspecified atom stereocenters. The molecule has 0 bridgehead atoms. The minimum Gasteiger partial charge on any atom is -0.497 e. The highest BCUT2D eigenvalue weighted by Crippen LogP contribution is 2.13. The topological polar surface area (TPSA) is 64.4 Å². The van der Waals surface area contributed by atoms with Crippen LogP contribution in [-0.2, 0) is 6.54 Å². The summed E-state index contributed by atoms with van der Waals surface area (Å²) in [6.45, 7) is 0.546. The van der Waals surface area contributed by atoms with E-state index in [-0.39, 0.29) is 0 Å². The fourth-order valence-electron chi connectivity index (χ4n) is 1.20. The molecule has 92 valence electrons. The van der Waals surface area contributed by atoms with Crippen LogP contribution in [0.5, 0.6) is 5.75 Å². The molecule has 17 heavy (non-hydrogen) atoms. The SMILES string of the molecule is COc1ccc(CN/C(=C/[N+](=O)[O-])SC)cc1. The molecule has 0 aromatic heterocycles. The lowest BCUT2D eigenvalue weighted by atomic mass is 10.2. The van der Waals surface area contributed by atoms with Crippen molar-refractivity contribution in [3.63, 3.8) is 0 Å². The normalized spacial score (nSPS) is 11.1. The van der Waals surface area contributed by atoms with Crippen molar-refractivity contribution in [3.8, 4) is 5.75 Å². The molecule has 0 aliphatic carbocycles. The summed E-state index contributed by atoms with van der Waals surface area (Å²) in [6.07, 6.45) is 2.75. The highest BCUT2D eigenvalue weighted by Gasteiger charge is 2.01. The summed E-state index contributed by atoms with van der Waals surface area (Å²) in [5.74, 6) is 0.791. The van der Waals surface area contributed by atoms with Gasteiger partial charge in [0.15, 0.2) is 0 Å². The van der Waals surface area contributed by atoms with Crippen LogP contribution in [0.3, 0.4) is 0 Å². The average molecular weight is 254 g/mol. The molecule has 1 N–H and O–H groups in total. The Kier molecular flexibility index (Phi) is 5.35. The summed E-state index contributed by atoms with van der Waals surface area (Å²) in [7, 11) is 1.61. The predicted molar refractivity (Wildman–Crippen MR) is 68.4 cm³/mol. The fourth-order valence-corrected chi connectivity index (χ4v) is 1.61. The second-order valence-corrected chi connectivity index (χ2v) is 4.03. The highest BCUT2D eigenvalue weighted by molar-refractivity contribution is 8.02. The van der Waals surface area contributed by atoms with Crippen LogP contribution < -0.4 is 10.1 Å². The van der Waals surface area contributed by atoms with E-state index in [2.05, 4.69) is 5.32 Å². The Morgan fingerprint density at radius 2 is 2.18 bits per heavy atom. The van der Waals surface area contributed by atoms with Gasteiger partial charge in [0.25, 0.3) is 6.20 Å². The minimum absolute atomic E-state index is 0.465. The molecule has 1 aromatic rings. The third-order valence-electron chi connectivity index (χ3n) is 2.07. The molecule has 0 heterocycles. The second kappa shape index (κ2) is 6.80. The molecule has 0 aliphatic heterocycles. The number of nitrogens with zero attached hydrogens (tertiary/aromatic N) is 1. The number of hydrogen-bond acceptors (Lipinski definition) is 5. The van der Waals surface area contributed by atoms with E-state index >= 15 is 0 Å². The van der Waals surface area contributed by atoms with Gasteiger partial charge in [-0.1, -0.05) is 12.1 Å². The number of thioether (sulfide) groups is 1. The van der Waals surface area contributed by atoms with Crippen LogP contribution in [0.1, 0.15) is 5.56 Å². The van der Waals surface area contributed by atoms with Crippen molar-refractivity contribution in [2.24, 2.45) is 0 Å². The van der Waals surface area contributed by atoms with Crippen molar-refractivity contribution in [1.82, 2.24) is 5.32 Å². The molecule has 6 heteroatoms. The molecule has 1 rings (SSSR count). The van der Waals surface area contributed by atoms with E-state index < -0.39 is 4.92 Å². The summed E-state index contributed by atoms with van der Waals surface area (Å²) < 4.78 is 5.04. The highest BCUT2D eigenvalue weighted by atomic mass is 32.2. The molecule has 0 fully saturated rings. The molecule has 5 nitrogen and oxygen atoms in total. The Morgan fingerprint density at radius 3 is 2.65 bits per heavy atom. The smallest absolute Gasteiger partial charge is 0.263 e. The molecular weight excluding hydrogens is 240 g/mol. The van der Waals surface area contributed by atoms with E-state index in [1.807, 2.05) is 24.3 Å². The maximum atomic E-state index is 10.3. The van der Waals surface area contributed by atoms with E-state index in [1.165, 1.54) is 11.8 Å². The van der Waals surface area contributed by atoms with Gasteiger partial charge in [0, 0.05) is 6.54 Å². The van der Waals surface area contributed by atoms with Crippen LogP contribution in [0, 0.1) is 10.1 Å². The number of rotatable bonds is 6. The van der Waals surface area contributed by atoms with Crippen LogP contribution in [0.2, 0.25) is 0 Å². The average Bonchev–Trinajstić information content (AvgIpc) is 2.34. The van der Waals surface area contributed by atoms with E-state index in [4.69, 9.17) is 4.74 Å². The molecule has 0 saturated carbocycles. The van der Waals surface area contributed by atoms with Gasteiger partial charge in [0.2, 0.25) is 0 Å². The van der Waals surface area contributed by atoms with Crippen LogP contribution >= 0.6 is 11.8 Å². The number of nitro groups is 1. The van der Waals surface area contributed by atoms with Gasteiger partial charge in [-0.2, -0.15) is 0 Å². The summed E-state index contributed by atoms with van der Waals surface area (Å²) >= 11 is 1.31.